The third kappa shape index (κ3) is 2.49. The van der Waals surface area contributed by atoms with Crippen molar-refractivity contribution in [1.82, 2.24) is 0 Å². The van der Waals surface area contributed by atoms with Gasteiger partial charge in [0.25, 0.3) is 0 Å². The van der Waals surface area contributed by atoms with Gasteiger partial charge in [0.15, 0.2) is 0 Å². The van der Waals surface area contributed by atoms with Crippen molar-refractivity contribution in [2.45, 2.75) is 0 Å². The number of anilines is 1. The molecule has 1 rings (SSSR count). The molecule has 1 aromatic rings. The lowest BCUT2D eigenvalue weighted by Gasteiger charge is -1.94. The highest BCUT2D eigenvalue weighted by Gasteiger charge is 1.97. The highest BCUT2D eigenvalue weighted by molar-refractivity contribution is 5.87. The van der Waals surface area contributed by atoms with Crippen LogP contribution in [0.5, 0.6) is 0 Å². The van der Waals surface area contributed by atoms with Crippen LogP contribution in [0.4, 0.5) is 10.1 Å². The van der Waals surface area contributed by atoms with Crippen LogP contribution in [0.15, 0.2) is 18.2 Å². The summed E-state index contributed by atoms with van der Waals surface area (Å²) >= 11 is 0. The first-order chi connectivity index (χ1) is 6.09. The molecule has 0 saturated heterocycles. The van der Waals surface area contributed by atoms with E-state index in [4.69, 9.17) is 10.8 Å². The van der Waals surface area contributed by atoms with Gasteiger partial charge < -0.3 is 10.8 Å². The maximum atomic E-state index is 12.8. The standard InChI is InChI=1S/C9H6FNO2/c10-7-5-6(1-3-8(7)11)2-4-9(12)13/h1,3,5H,11H2,(H,12,13). The molecule has 0 aromatic heterocycles. The minimum Gasteiger partial charge on any atom is -0.472 e. The first-order valence-corrected chi connectivity index (χ1v) is 3.39. The van der Waals surface area contributed by atoms with Crippen molar-refractivity contribution in [3.63, 3.8) is 0 Å². The normalized spacial score (nSPS) is 8.69. The molecule has 0 aliphatic carbocycles. The molecule has 13 heavy (non-hydrogen) atoms. The van der Waals surface area contributed by atoms with Gasteiger partial charge in [-0.1, -0.05) is 5.92 Å². The number of hydrogen-bond donors (Lipinski definition) is 2. The predicted octanol–water partition coefficient (Wildman–Crippen LogP) is 0.844. The fourth-order valence-corrected chi connectivity index (χ4v) is 0.731. The molecule has 0 heterocycles. The number of rotatable bonds is 0. The maximum Gasteiger partial charge on any atom is 0.382 e. The fraction of sp³-hybridized carbons (Fsp3) is 0. The van der Waals surface area contributed by atoms with Crippen LogP contribution in [0.3, 0.4) is 0 Å². The van der Waals surface area contributed by atoms with E-state index in [1.54, 1.807) is 0 Å². The van der Waals surface area contributed by atoms with Gasteiger partial charge in [-0.3, -0.25) is 0 Å². The number of halogens is 1. The molecular weight excluding hydrogens is 173 g/mol. The molecule has 0 atom stereocenters. The number of nitrogen functional groups attached to an aromatic ring is 1. The monoisotopic (exact) mass is 179 g/mol. The zero-order valence-electron chi connectivity index (χ0n) is 6.54. The second-order valence-electron chi connectivity index (χ2n) is 2.29. The van der Waals surface area contributed by atoms with Gasteiger partial charge in [0.1, 0.15) is 5.82 Å². The number of benzene rings is 1. The summed E-state index contributed by atoms with van der Waals surface area (Å²) in [5, 5.41) is 8.21. The van der Waals surface area contributed by atoms with Gasteiger partial charge >= 0.3 is 5.97 Å². The van der Waals surface area contributed by atoms with Crippen molar-refractivity contribution in [2.75, 3.05) is 5.73 Å². The molecule has 0 unspecified atom stereocenters. The molecule has 0 aliphatic heterocycles. The van der Waals surface area contributed by atoms with E-state index in [2.05, 4.69) is 5.92 Å². The van der Waals surface area contributed by atoms with Crippen LogP contribution >= 0.6 is 0 Å². The largest absolute Gasteiger partial charge is 0.472 e. The summed E-state index contributed by atoms with van der Waals surface area (Å²) in [5.74, 6) is 2.28. The van der Waals surface area contributed by atoms with Gasteiger partial charge in [-0.05, 0) is 18.2 Å². The summed E-state index contributed by atoms with van der Waals surface area (Å²) in [7, 11) is 0. The fourth-order valence-electron chi connectivity index (χ4n) is 0.731. The molecule has 1 aromatic carbocycles. The quantitative estimate of drug-likeness (QED) is 0.458. The molecule has 3 N–H and O–H groups in total. The van der Waals surface area contributed by atoms with Gasteiger partial charge in [-0.2, -0.15) is 0 Å². The Kier molecular flexibility index (Phi) is 2.50. The molecule has 3 nitrogen and oxygen atoms in total. The number of carboxylic acids is 1. The Morgan fingerprint density at radius 3 is 2.77 bits per heavy atom. The van der Waals surface area contributed by atoms with Crippen LogP contribution in [0.25, 0.3) is 0 Å². The van der Waals surface area contributed by atoms with Crippen LogP contribution in [0.2, 0.25) is 0 Å². The summed E-state index contributed by atoms with van der Waals surface area (Å²) in [4.78, 5) is 10.0. The SMILES string of the molecule is Nc1ccc(C#CC(=O)O)cc1F. The van der Waals surface area contributed by atoms with Crippen molar-refractivity contribution in [3.8, 4) is 11.8 Å². The third-order valence-electron chi connectivity index (χ3n) is 1.31. The van der Waals surface area contributed by atoms with E-state index in [1.165, 1.54) is 12.1 Å². The summed E-state index contributed by atoms with van der Waals surface area (Å²) < 4.78 is 12.8. The average Bonchev–Trinajstić information content (AvgIpc) is 2.07. The molecule has 0 bridgehead atoms. The van der Waals surface area contributed by atoms with E-state index in [0.29, 0.717) is 0 Å². The van der Waals surface area contributed by atoms with Gasteiger partial charge in [-0.15, -0.1) is 0 Å². The minimum atomic E-state index is -1.25. The number of aliphatic carboxylic acids is 1. The number of carboxylic acid groups (broad SMARTS) is 1. The summed E-state index contributed by atoms with van der Waals surface area (Å²) in [5.41, 5.74) is 5.51. The first-order valence-electron chi connectivity index (χ1n) is 3.39. The molecule has 4 heteroatoms. The zero-order valence-corrected chi connectivity index (χ0v) is 6.54. The van der Waals surface area contributed by atoms with E-state index in [9.17, 15) is 9.18 Å². The summed E-state index contributed by atoms with van der Waals surface area (Å²) in [6.45, 7) is 0. The van der Waals surface area contributed by atoms with Crippen LogP contribution < -0.4 is 5.73 Å². The molecule has 0 amide bonds. The Balaban J connectivity index is 3.00. The van der Waals surface area contributed by atoms with E-state index in [1.807, 2.05) is 5.92 Å². The van der Waals surface area contributed by atoms with Crippen molar-refractivity contribution >= 4 is 11.7 Å². The molecule has 0 aliphatic rings. The van der Waals surface area contributed by atoms with E-state index in [0.717, 1.165) is 6.07 Å². The first kappa shape index (κ1) is 9.07. The average molecular weight is 179 g/mol. The molecule has 0 saturated carbocycles. The highest BCUT2D eigenvalue weighted by Crippen LogP contribution is 2.10. The Morgan fingerprint density at radius 1 is 1.54 bits per heavy atom. The van der Waals surface area contributed by atoms with Crippen LogP contribution in [-0.4, -0.2) is 11.1 Å². The number of hydrogen-bond acceptors (Lipinski definition) is 2. The Hall–Kier alpha value is -2.02. The third-order valence-corrected chi connectivity index (χ3v) is 1.31. The van der Waals surface area contributed by atoms with Crippen LogP contribution in [0, 0.1) is 17.7 Å². The zero-order chi connectivity index (χ0) is 9.84. The molecular formula is C9H6FNO2. The van der Waals surface area contributed by atoms with Crippen LogP contribution in [-0.2, 0) is 4.79 Å². The topological polar surface area (TPSA) is 63.3 Å². The highest BCUT2D eigenvalue weighted by atomic mass is 19.1. The molecule has 0 spiro atoms. The number of nitrogens with two attached hydrogens (primary N) is 1. The van der Waals surface area contributed by atoms with Gasteiger partial charge in [0.05, 0.1) is 5.69 Å². The smallest absolute Gasteiger partial charge is 0.382 e. The van der Waals surface area contributed by atoms with Crippen LogP contribution in [0.1, 0.15) is 5.56 Å². The Bertz CT molecular complexity index is 404. The predicted molar refractivity (Wildman–Crippen MR) is 45.3 cm³/mol. The minimum absolute atomic E-state index is 0.0147. The molecule has 0 fully saturated rings. The van der Waals surface area contributed by atoms with E-state index < -0.39 is 11.8 Å². The lowest BCUT2D eigenvalue weighted by molar-refractivity contribution is -0.130. The summed E-state index contributed by atoms with van der Waals surface area (Å²) in [6.07, 6.45) is 0. The molecule has 66 valence electrons. The van der Waals surface area contributed by atoms with Gasteiger partial charge in [-0.25, -0.2) is 9.18 Å². The lowest BCUT2D eigenvalue weighted by atomic mass is 10.2. The van der Waals surface area contributed by atoms with E-state index >= 15 is 0 Å². The van der Waals surface area contributed by atoms with Gasteiger partial charge in [0.2, 0.25) is 0 Å². The molecule has 0 radical (unpaired) electrons. The van der Waals surface area contributed by atoms with Crippen molar-refractivity contribution in [1.29, 1.82) is 0 Å². The van der Waals surface area contributed by atoms with E-state index in [-0.39, 0.29) is 11.3 Å². The number of carbonyl (C=O) groups is 1. The van der Waals surface area contributed by atoms with Crippen molar-refractivity contribution < 1.29 is 14.3 Å². The maximum absolute atomic E-state index is 12.8. The Morgan fingerprint density at radius 2 is 2.23 bits per heavy atom. The van der Waals surface area contributed by atoms with Crippen molar-refractivity contribution in [2.24, 2.45) is 0 Å². The van der Waals surface area contributed by atoms with Crippen molar-refractivity contribution in [3.05, 3.63) is 29.6 Å². The van der Waals surface area contributed by atoms with Gasteiger partial charge in [0, 0.05) is 11.5 Å². The second-order valence-corrected chi connectivity index (χ2v) is 2.29. The second kappa shape index (κ2) is 3.59. The summed E-state index contributed by atoms with van der Waals surface area (Å²) in [6, 6.07) is 3.88. The lowest BCUT2D eigenvalue weighted by Crippen LogP contribution is -1.91. The Labute approximate surface area is 74.0 Å².